The van der Waals surface area contributed by atoms with Crippen molar-refractivity contribution in [2.75, 3.05) is 0 Å². The molecule has 0 aliphatic carbocycles. The summed E-state index contributed by atoms with van der Waals surface area (Å²) in [7, 11) is 0. The van der Waals surface area contributed by atoms with Gasteiger partial charge in [-0.15, -0.1) is 0 Å². The summed E-state index contributed by atoms with van der Waals surface area (Å²) in [6, 6.07) is 13.8. The number of aromatic nitrogens is 1. The highest BCUT2D eigenvalue weighted by Crippen LogP contribution is 2.39. The zero-order valence-corrected chi connectivity index (χ0v) is 12.2. The monoisotopic (exact) mass is 302 g/mol. The second-order valence-corrected chi connectivity index (χ2v) is 5.30. The Morgan fingerprint density at radius 1 is 1.20 bits per heavy atom. The average Bonchev–Trinajstić information content (AvgIpc) is 2.72. The lowest BCUT2D eigenvalue weighted by Gasteiger charge is -2.09. The number of hydrogen-bond acceptors (Lipinski definition) is 1. The molecule has 99 valence electrons. The number of carbonyl (C=O) groups excluding carboxylic acids is 1. The first-order valence-electron chi connectivity index (χ1n) is 6.05. The summed E-state index contributed by atoms with van der Waals surface area (Å²) < 4.78 is 1.58. The van der Waals surface area contributed by atoms with Gasteiger partial charge in [-0.25, -0.2) is 0 Å². The van der Waals surface area contributed by atoms with Gasteiger partial charge in [0.05, 0.1) is 21.3 Å². The van der Waals surface area contributed by atoms with Crippen molar-refractivity contribution in [3.63, 3.8) is 0 Å². The molecule has 0 amide bonds. The van der Waals surface area contributed by atoms with Gasteiger partial charge in [0.25, 0.3) is 0 Å². The Hall–Kier alpha value is -1.77. The number of benzene rings is 2. The van der Waals surface area contributed by atoms with Crippen molar-refractivity contribution in [1.29, 1.82) is 0 Å². The average molecular weight is 303 g/mol. The van der Waals surface area contributed by atoms with Gasteiger partial charge in [0.2, 0.25) is 6.41 Å². The van der Waals surface area contributed by atoms with Crippen LogP contribution >= 0.6 is 23.2 Å². The molecule has 2 aromatic carbocycles. The van der Waals surface area contributed by atoms with E-state index < -0.39 is 0 Å². The minimum absolute atomic E-state index is 0.524. The number of aryl methyl sites for hydroxylation is 1. The first kappa shape index (κ1) is 13.2. The summed E-state index contributed by atoms with van der Waals surface area (Å²) in [5.41, 5.74) is 3.18. The van der Waals surface area contributed by atoms with Gasteiger partial charge in [0, 0.05) is 10.9 Å². The van der Waals surface area contributed by atoms with Crippen LogP contribution in [0.15, 0.2) is 36.4 Å². The van der Waals surface area contributed by atoms with Crippen molar-refractivity contribution >= 4 is 40.5 Å². The van der Waals surface area contributed by atoms with Gasteiger partial charge in [-0.2, -0.15) is 0 Å². The number of nitrogens with zero attached hydrogens (tertiary/aromatic N) is 1. The zero-order valence-electron chi connectivity index (χ0n) is 10.7. The Bertz CT molecular complexity index is 800. The minimum Gasteiger partial charge on any atom is -0.282 e. The predicted octanol–water partition coefficient (Wildman–Crippen LogP) is 4.76. The Morgan fingerprint density at radius 3 is 2.55 bits per heavy atom. The van der Waals surface area contributed by atoms with Crippen LogP contribution in [0.2, 0.25) is 10.0 Å². The third-order valence-electron chi connectivity index (χ3n) is 3.41. The zero-order chi connectivity index (χ0) is 14.3. The molecule has 0 unspecified atom stereocenters. The molecule has 1 heterocycles. The van der Waals surface area contributed by atoms with Crippen LogP contribution in [-0.4, -0.2) is 11.0 Å². The second-order valence-electron chi connectivity index (χ2n) is 4.49. The van der Waals surface area contributed by atoms with E-state index in [0.717, 1.165) is 28.6 Å². The van der Waals surface area contributed by atoms with Crippen molar-refractivity contribution in [2.24, 2.45) is 0 Å². The molecule has 3 rings (SSSR count). The van der Waals surface area contributed by atoms with Gasteiger partial charge in [0.15, 0.2) is 0 Å². The maximum Gasteiger partial charge on any atom is 0.218 e. The van der Waals surface area contributed by atoms with E-state index in [1.54, 1.807) is 28.8 Å². The molecule has 0 saturated carbocycles. The Balaban J connectivity index is 2.48. The normalized spacial score (nSPS) is 10.9. The number of halogens is 2. The number of fused-ring (bicyclic) bond motifs is 1. The van der Waals surface area contributed by atoms with Crippen LogP contribution in [0.3, 0.4) is 0 Å². The molecule has 0 bridgehead atoms. The summed E-state index contributed by atoms with van der Waals surface area (Å²) in [4.78, 5) is 11.5. The van der Waals surface area contributed by atoms with Crippen LogP contribution in [0.1, 0.15) is 5.56 Å². The number of rotatable bonds is 2. The van der Waals surface area contributed by atoms with Crippen LogP contribution in [0, 0.1) is 13.0 Å². The molecule has 2 nitrogen and oxygen atoms in total. The first-order valence-corrected chi connectivity index (χ1v) is 6.81. The van der Waals surface area contributed by atoms with Gasteiger partial charge in [-0.3, -0.25) is 9.36 Å². The molecule has 0 spiro atoms. The molecule has 4 heteroatoms. The molecule has 0 aliphatic heterocycles. The highest BCUT2D eigenvalue weighted by Gasteiger charge is 2.19. The topological polar surface area (TPSA) is 22.0 Å². The van der Waals surface area contributed by atoms with Gasteiger partial charge >= 0.3 is 0 Å². The van der Waals surface area contributed by atoms with E-state index in [0.29, 0.717) is 15.6 Å². The van der Waals surface area contributed by atoms with E-state index in [-0.39, 0.29) is 0 Å². The first-order chi connectivity index (χ1) is 9.65. The lowest BCUT2D eigenvalue weighted by molar-refractivity contribution is 0.549. The molecule has 0 saturated heterocycles. The summed E-state index contributed by atoms with van der Waals surface area (Å²) >= 11 is 12.5. The van der Waals surface area contributed by atoms with Crippen molar-refractivity contribution in [2.45, 2.75) is 6.92 Å². The molecule has 0 N–H and O–H groups in total. The van der Waals surface area contributed by atoms with Crippen LogP contribution in [0.25, 0.3) is 22.2 Å². The fourth-order valence-corrected chi connectivity index (χ4v) is 3.08. The highest BCUT2D eigenvalue weighted by molar-refractivity contribution is 6.39. The molecule has 20 heavy (non-hydrogen) atoms. The summed E-state index contributed by atoms with van der Waals surface area (Å²) in [6.07, 6.45) is 0.782. The van der Waals surface area contributed by atoms with E-state index in [4.69, 9.17) is 23.2 Å². The maximum atomic E-state index is 11.5. The summed E-state index contributed by atoms with van der Waals surface area (Å²) in [6.45, 7) is 1.95. The van der Waals surface area contributed by atoms with Gasteiger partial charge in [0.1, 0.15) is 0 Å². The fraction of sp³-hybridized carbons (Fsp3) is 0.0625. The molecule has 1 aromatic heterocycles. The van der Waals surface area contributed by atoms with E-state index in [1.807, 2.05) is 19.1 Å². The van der Waals surface area contributed by atoms with Crippen molar-refractivity contribution in [1.82, 2.24) is 4.57 Å². The van der Waals surface area contributed by atoms with E-state index in [2.05, 4.69) is 6.07 Å². The molecule has 1 radical (unpaired) electrons. The lowest BCUT2D eigenvalue weighted by atomic mass is 10.1. The molecule has 0 aliphatic rings. The Labute approximate surface area is 126 Å². The SMILES string of the molecule is Cc1c(-c2c(Cl)cccc2Cl)n(C=O)c2cc[c]cc12. The molecule has 3 aromatic rings. The van der Waals surface area contributed by atoms with E-state index in [1.165, 1.54) is 0 Å². The highest BCUT2D eigenvalue weighted by atomic mass is 35.5. The second kappa shape index (κ2) is 4.97. The van der Waals surface area contributed by atoms with Crippen LogP contribution < -0.4 is 0 Å². The van der Waals surface area contributed by atoms with Crippen LogP contribution in [0.4, 0.5) is 0 Å². The largest absolute Gasteiger partial charge is 0.282 e. The fourth-order valence-electron chi connectivity index (χ4n) is 2.50. The minimum atomic E-state index is 0.524. The smallest absolute Gasteiger partial charge is 0.218 e. The third-order valence-corrected chi connectivity index (χ3v) is 4.04. The lowest BCUT2D eigenvalue weighted by Crippen LogP contribution is -1.98. The maximum absolute atomic E-state index is 11.5. The van der Waals surface area contributed by atoms with Gasteiger partial charge in [-0.1, -0.05) is 35.3 Å². The summed E-state index contributed by atoms with van der Waals surface area (Å²) in [5, 5.41) is 2.01. The van der Waals surface area contributed by atoms with Gasteiger partial charge in [-0.05, 0) is 42.8 Å². The molecule has 0 fully saturated rings. The van der Waals surface area contributed by atoms with Crippen molar-refractivity contribution in [3.05, 3.63) is 58.1 Å². The standard InChI is InChI=1S/C16H10Cl2NO/c1-10-11-5-2-3-8-14(11)19(9-20)16(10)15-12(17)6-4-7-13(15)18/h3-9H,1H3. The predicted molar refractivity (Wildman–Crippen MR) is 83.1 cm³/mol. The van der Waals surface area contributed by atoms with Crippen LogP contribution in [0.5, 0.6) is 0 Å². The number of hydrogen-bond donors (Lipinski definition) is 0. The van der Waals surface area contributed by atoms with E-state index >= 15 is 0 Å². The van der Waals surface area contributed by atoms with Crippen molar-refractivity contribution < 1.29 is 4.79 Å². The Kier molecular flexibility index (Phi) is 3.28. The van der Waals surface area contributed by atoms with Crippen molar-refractivity contribution in [3.8, 4) is 11.3 Å². The summed E-state index contributed by atoms with van der Waals surface area (Å²) in [5.74, 6) is 0. The molecule has 0 atom stereocenters. The van der Waals surface area contributed by atoms with Gasteiger partial charge < -0.3 is 0 Å². The van der Waals surface area contributed by atoms with E-state index in [9.17, 15) is 4.79 Å². The quantitative estimate of drug-likeness (QED) is 0.625. The molecular weight excluding hydrogens is 293 g/mol. The number of carbonyl (C=O) groups is 1. The Morgan fingerprint density at radius 2 is 1.90 bits per heavy atom. The third kappa shape index (κ3) is 1.84. The molecular formula is C16H10Cl2NO. The van der Waals surface area contributed by atoms with Crippen LogP contribution in [-0.2, 0) is 4.79 Å².